The number of hydrogen-bond donors (Lipinski definition) is 1. The fraction of sp³-hybridized carbons (Fsp3) is 0.400. The quantitative estimate of drug-likeness (QED) is 0.725. The maximum Gasteiger partial charge on any atom is 0.113 e. The van der Waals surface area contributed by atoms with Crippen molar-refractivity contribution in [3.05, 3.63) is 46.9 Å². The molecule has 1 aromatic heterocycles. The van der Waals surface area contributed by atoms with E-state index in [1.165, 1.54) is 21.8 Å². The smallest absolute Gasteiger partial charge is 0.113 e. The fourth-order valence-electron chi connectivity index (χ4n) is 4.03. The average Bonchev–Trinajstić information content (AvgIpc) is 2.91. The van der Waals surface area contributed by atoms with E-state index < -0.39 is 6.10 Å². The molecule has 4 nitrogen and oxygen atoms in total. The maximum absolute atomic E-state index is 10.7. The van der Waals surface area contributed by atoms with Crippen LogP contribution < -0.4 is 0 Å². The number of rotatable bonds is 3. The summed E-state index contributed by atoms with van der Waals surface area (Å²) in [5, 5.41) is 13.2. The number of aromatic nitrogens is 1. The minimum absolute atomic E-state index is 0.0581. The van der Waals surface area contributed by atoms with Gasteiger partial charge in [-0.05, 0) is 38.2 Å². The van der Waals surface area contributed by atoms with Gasteiger partial charge in [-0.1, -0.05) is 34.1 Å². The van der Waals surface area contributed by atoms with Crippen molar-refractivity contribution < 1.29 is 5.11 Å². The van der Waals surface area contributed by atoms with E-state index in [0.717, 1.165) is 30.7 Å². The lowest BCUT2D eigenvalue weighted by Crippen LogP contribution is -2.49. The van der Waals surface area contributed by atoms with Crippen molar-refractivity contribution in [2.45, 2.75) is 19.2 Å². The Morgan fingerprint density at radius 3 is 2.36 bits per heavy atom. The molecule has 0 saturated carbocycles. The van der Waals surface area contributed by atoms with Crippen LogP contribution in [0.5, 0.6) is 0 Å². The molecule has 4 rings (SSSR count). The van der Waals surface area contributed by atoms with Gasteiger partial charge in [-0.15, -0.1) is 0 Å². The van der Waals surface area contributed by atoms with E-state index in [9.17, 15) is 5.11 Å². The second-order valence-corrected chi connectivity index (χ2v) is 7.96. The van der Waals surface area contributed by atoms with E-state index in [0.29, 0.717) is 0 Å². The largest absolute Gasteiger partial charge is 0.390 e. The van der Waals surface area contributed by atoms with Gasteiger partial charge in [0.15, 0.2) is 0 Å². The average molecular weight is 402 g/mol. The van der Waals surface area contributed by atoms with Crippen LogP contribution in [0.4, 0.5) is 0 Å². The second-order valence-electron chi connectivity index (χ2n) is 7.04. The van der Waals surface area contributed by atoms with Crippen LogP contribution >= 0.6 is 15.9 Å². The van der Waals surface area contributed by atoms with E-state index >= 15 is 0 Å². The molecule has 1 N–H and O–H groups in total. The van der Waals surface area contributed by atoms with Gasteiger partial charge in [0.05, 0.1) is 17.1 Å². The predicted molar refractivity (Wildman–Crippen MR) is 107 cm³/mol. The first-order chi connectivity index (χ1) is 12.1. The Kier molecular flexibility index (Phi) is 4.58. The number of aliphatic hydroxyl groups excluding tert-OH is 1. The number of halogens is 1. The molecular formula is C20H24BrN3O. The number of benzene rings is 2. The topological polar surface area (TPSA) is 31.6 Å². The summed E-state index contributed by atoms with van der Waals surface area (Å²) in [5.74, 6) is 0. The van der Waals surface area contributed by atoms with Gasteiger partial charge < -0.3 is 14.6 Å². The van der Waals surface area contributed by atoms with E-state index in [-0.39, 0.29) is 6.17 Å². The third-order valence-electron chi connectivity index (χ3n) is 5.28. The molecule has 0 bridgehead atoms. The molecule has 2 heterocycles. The van der Waals surface area contributed by atoms with Gasteiger partial charge in [0.25, 0.3) is 0 Å². The third kappa shape index (κ3) is 2.99. The standard InChI is InChI=1S/C20H24BrN3O/c1-14(25)20(23-11-9-22(2)10-12-23)24-18-6-4-3-5-16(18)17-13-15(21)7-8-19(17)24/h3-8,13-14,20,25H,9-12H2,1-2H3. The molecule has 2 atom stereocenters. The highest BCUT2D eigenvalue weighted by Gasteiger charge is 2.30. The van der Waals surface area contributed by atoms with Crippen LogP contribution in [0.15, 0.2) is 46.9 Å². The number of para-hydroxylation sites is 1. The SMILES string of the molecule is CC(O)C(N1CCN(C)CC1)n1c2ccccc2c2cc(Br)ccc21. The number of aliphatic hydroxyl groups is 1. The molecule has 1 aliphatic rings. The molecule has 5 heteroatoms. The van der Waals surface area contributed by atoms with Gasteiger partial charge in [0.1, 0.15) is 6.17 Å². The van der Waals surface area contributed by atoms with Gasteiger partial charge >= 0.3 is 0 Å². The summed E-state index contributed by atoms with van der Waals surface area (Å²) in [6.45, 7) is 5.91. The van der Waals surface area contributed by atoms with Gasteiger partial charge in [-0.25, -0.2) is 0 Å². The lowest BCUT2D eigenvalue weighted by atomic mass is 10.2. The molecule has 1 aliphatic heterocycles. The zero-order valence-corrected chi connectivity index (χ0v) is 16.3. The summed E-state index contributed by atoms with van der Waals surface area (Å²) < 4.78 is 3.41. The molecule has 0 spiro atoms. The number of likely N-dealkylation sites (N-methyl/N-ethyl adjacent to an activating group) is 1. The third-order valence-corrected chi connectivity index (χ3v) is 5.77. The first-order valence-corrected chi connectivity index (χ1v) is 9.64. The fourth-order valence-corrected chi connectivity index (χ4v) is 4.39. The van der Waals surface area contributed by atoms with Crippen LogP contribution in [0.3, 0.4) is 0 Å². The molecule has 132 valence electrons. The van der Waals surface area contributed by atoms with Crippen molar-refractivity contribution in [3.8, 4) is 0 Å². The van der Waals surface area contributed by atoms with Gasteiger partial charge in [-0.2, -0.15) is 0 Å². The summed E-state index contributed by atoms with van der Waals surface area (Å²) in [4.78, 5) is 4.76. The molecule has 0 aliphatic carbocycles. The number of nitrogens with zero attached hydrogens (tertiary/aromatic N) is 3. The van der Waals surface area contributed by atoms with E-state index in [1.807, 2.05) is 6.92 Å². The van der Waals surface area contributed by atoms with Crippen LogP contribution in [-0.4, -0.2) is 58.8 Å². The zero-order valence-electron chi connectivity index (χ0n) is 14.7. The van der Waals surface area contributed by atoms with Gasteiger partial charge in [0, 0.05) is 41.4 Å². The summed E-state index contributed by atoms with van der Waals surface area (Å²) in [6, 6.07) is 14.9. The minimum atomic E-state index is -0.453. The summed E-state index contributed by atoms with van der Waals surface area (Å²) >= 11 is 3.60. The van der Waals surface area contributed by atoms with Crippen molar-refractivity contribution in [1.29, 1.82) is 0 Å². The molecule has 25 heavy (non-hydrogen) atoms. The molecule has 1 saturated heterocycles. The zero-order chi connectivity index (χ0) is 17.6. The molecule has 0 amide bonds. The van der Waals surface area contributed by atoms with Crippen molar-refractivity contribution >= 4 is 37.7 Å². The number of fused-ring (bicyclic) bond motifs is 3. The predicted octanol–water partition coefficient (Wildman–Crippen LogP) is 3.68. The van der Waals surface area contributed by atoms with Crippen LogP contribution in [0.2, 0.25) is 0 Å². The van der Waals surface area contributed by atoms with Crippen molar-refractivity contribution in [2.75, 3.05) is 33.2 Å². The lowest BCUT2D eigenvalue weighted by Gasteiger charge is -2.40. The second kappa shape index (κ2) is 6.72. The molecular weight excluding hydrogens is 378 g/mol. The molecule has 1 fully saturated rings. The molecule has 2 aromatic carbocycles. The molecule has 0 radical (unpaired) electrons. The maximum atomic E-state index is 10.7. The van der Waals surface area contributed by atoms with E-state index in [4.69, 9.17) is 0 Å². The van der Waals surface area contributed by atoms with Crippen molar-refractivity contribution in [3.63, 3.8) is 0 Å². The van der Waals surface area contributed by atoms with Gasteiger partial charge in [0.2, 0.25) is 0 Å². The van der Waals surface area contributed by atoms with Crippen LogP contribution in [0, 0.1) is 0 Å². The highest BCUT2D eigenvalue weighted by atomic mass is 79.9. The monoisotopic (exact) mass is 401 g/mol. The summed E-state index contributed by atoms with van der Waals surface area (Å²) in [6.07, 6.45) is -0.511. The van der Waals surface area contributed by atoms with Crippen molar-refractivity contribution in [2.24, 2.45) is 0 Å². The first-order valence-electron chi connectivity index (χ1n) is 8.85. The van der Waals surface area contributed by atoms with E-state index in [1.54, 1.807) is 0 Å². The number of piperazine rings is 1. The Hall–Kier alpha value is -1.40. The summed E-state index contributed by atoms with van der Waals surface area (Å²) in [5.41, 5.74) is 2.36. The lowest BCUT2D eigenvalue weighted by molar-refractivity contribution is -0.00118. The van der Waals surface area contributed by atoms with Crippen LogP contribution in [0.1, 0.15) is 13.1 Å². The Morgan fingerprint density at radius 1 is 0.960 bits per heavy atom. The van der Waals surface area contributed by atoms with E-state index in [2.05, 4.69) is 79.8 Å². The Bertz CT molecular complexity index is 896. The Morgan fingerprint density at radius 2 is 1.64 bits per heavy atom. The highest BCUT2D eigenvalue weighted by Crippen LogP contribution is 2.35. The first kappa shape index (κ1) is 17.0. The summed E-state index contributed by atoms with van der Waals surface area (Å²) in [7, 11) is 2.16. The normalized spacial score (nSPS) is 19.5. The van der Waals surface area contributed by atoms with Crippen LogP contribution in [0.25, 0.3) is 21.8 Å². The Balaban J connectivity index is 1.93. The minimum Gasteiger partial charge on any atom is -0.390 e. The number of hydrogen-bond acceptors (Lipinski definition) is 3. The van der Waals surface area contributed by atoms with Crippen LogP contribution in [-0.2, 0) is 0 Å². The Labute approximate surface area is 156 Å². The molecule has 3 aromatic rings. The molecule has 2 unspecified atom stereocenters. The van der Waals surface area contributed by atoms with Gasteiger partial charge in [-0.3, -0.25) is 4.90 Å². The highest BCUT2D eigenvalue weighted by molar-refractivity contribution is 9.10. The van der Waals surface area contributed by atoms with Crippen molar-refractivity contribution in [1.82, 2.24) is 14.4 Å².